The summed E-state index contributed by atoms with van der Waals surface area (Å²) in [5.41, 5.74) is 1.40. The highest BCUT2D eigenvalue weighted by Crippen LogP contribution is 2.24. The molecule has 3 aromatic rings. The third-order valence-electron chi connectivity index (χ3n) is 4.16. The van der Waals surface area contributed by atoms with E-state index in [4.69, 9.17) is 14.2 Å². The van der Waals surface area contributed by atoms with Gasteiger partial charge in [0.25, 0.3) is 0 Å². The molecule has 31 heavy (non-hydrogen) atoms. The Morgan fingerprint density at radius 2 is 1.58 bits per heavy atom. The molecular formula is C25H26N2O4. The first-order valence-electron chi connectivity index (χ1n) is 10.0. The van der Waals surface area contributed by atoms with Crippen LogP contribution in [0, 0.1) is 0 Å². The number of ether oxygens (including phenoxy) is 3. The minimum absolute atomic E-state index is 0.0959. The predicted molar refractivity (Wildman–Crippen MR) is 123 cm³/mol. The number of benzene rings is 3. The summed E-state index contributed by atoms with van der Waals surface area (Å²) in [7, 11) is 0. The Kier molecular flexibility index (Phi) is 8.37. The number of para-hydroxylation sites is 3. The Bertz CT molecular complexity index is 976. The lowest BCUT2D eigenvalue weighted by Gasteiger charge is -2.14. The molecule has 0 aliphatic rings. The molecule has 0 aliphatic heterocycles. The van der Waals surface area contributed by atoms with Crippen molar-refractivity contribution in [3.63, 3.8) is 0 Å². The van der Waals surface area contributed by atoms with Crippen LogP contribution in [0.15, 0.2) is 91.5 Å². The summed E-state index contributed by atoms with van der Waals surface area (Å²) in [6.45, 7) is 4.93. The maximum absolute atomic E-state index is 12.3. The van der Waals surface area contributed by atoms with Gasteiger partial charge in [0.2, 0.25) is 5.91 Å². The van der Waals surface area contributed by atoms with E-state index in [1.54, 1.807) is 12.1 Å². The molecule has 0 fully saturated rings. The highest BCUT2D eigenvalue weighted by atomic mass is 16.5. The van der Waals surface area contributed by atoms with Gasteiger partial charge >= 0.3 is 0 Å². The number of anilines is 2. The van der Waals surface area contributed by atoms with Gasteiger partial charge in [0, 0.05) is 11.8 Å². The van der Waals surface area contributed by atoms with Gasteiger partial charge in [0.1, 0.15) is 37.1 Å². The number of carbonyl (C=O) groups excluding carboxylic acids is 1. The second kappa shape index (κ2) is 11.9. The molecule has 3 aromatic carbocycles. The maximum atomic E-state index is 12.3. The van der Waals surface area contributed by atoms with Crippen LogP contribution in [0.25, 0.3) is 0 Å². The molecule has 0 bridgehead atoms. The van der Waals surface area contributed by atoms with E-state index in [-0.39, 0.29) is 12.5 Å². The third-order valence-corrected chi connectivity index (χ3v) is 4.16. The second-order valence-electron chi connectivity index (χ2n) is 6.54. The number of nitrogens with one attached hydrogen (secondary N) is 2. The number of amides is 1. The van der Waals surface area contributed by atoms with Crippen LogP contribution in [-0.2, 0) is 4.79 Å². The summed E-state index contributed by atoms with van der Waals surface area (Å²) in [6, 6.07) is 24.3. The zero-order chi connectivity index (χ0) is 21.7. The summed E-state index contributed by atoms with van der Waals surface area (Å²) in [4.78, 5) is 12.3. The van der Waals surface area contributed by atoms with Crippen molar-refractivity contribution in [3.05, 3.63) is 91.5 Å². The molecule has 0 spiro atoms. The highest BCUT2D eigenvalue weighted by molar-refractivity contribution is 5.94. The highest BCUT2D eigenvalue weighted by Gasteiger charge is 2.07. The van der Waals surface area contributed by atoms with Gasteiger partial charge < -0.3 is 24.8 Å². The normalized spacial score (nSPS) is 10.1. The first kappa shape index (κ1) is 21.8. The molecule has 6 nitrogen and oxygen atoms in total. The molecular weight excluding hydrogens is 392 g/mol. The van der Waals surface area contributed by atoms with Gasteiger partial charge in [-0.05, 0) is 36.4 Å². The Balaban J connectivity index is 1.46. The Morgan fingerprint density at radius 1 is 0.839 bits per heavy atom. The molecule has 0 saturated carbocycles. The first-order valence-corrected chi connectivity index (χ1v) is 10.0. The zero-order valence-electron chi connectivity index (χ0n) is 17.3. The van der Waals surface area contributed by atoms with Gasteiger partial charge in [0.15, 0.2) is 0 Å². The first-order chi connectivity index (χ1) is 15.2. The molecule has 0 atom stereocenters. The molecule has 0 saturated heterocycles. The van der Waals surface area contributed by atoms with E-state index in [9.17, 15) is 4.79 Å². The lowest BCUT2D eigenvalue weighted by atomic mass is 10.3. The van der Waals surface area contributed by atoms with E-state index in [0.717, 1.165) is 11.4 Å². The van der Waals surface area contributed by atoms with E-state index >= 15 is 0 Å². The Morgan fingerprint density at radius 3 is 2.42 bits per heavy atom. The lowest BCUT2D eigenvalue weighted by molar-refractivity contribution is -0.114. The van der Waals surface area contributed by atoms with Gasteiger partial charge in [-0.3, -0.25) is 4.79 Å². The number of carbonyl (C=O) groups is 1. The number of hydrogen-bond acceptors (Lipinski definition) is 5. The van der Waals surface area contributed by atoms with Gasteiger partial charge in [-0.2, -0.15) is 0 Å². The topological polar surface area (TPSA) is 68.8 Å². The van der Waals surface area contributed by atoms with Crippen molar-refractivity contribution >= 4 is 17.3 Å². The van der Waals surface area contributed by atoms with Crippen molar-refractivity contribution < 1.29 is 19.0 Å². The average molecular weight is 418 g/mol. The van der Waals surface area contributed by atoms with Crippen molar-refractivity contribution in [3.8, 4) is 17.2 Å². The van der Waals surface area contributed by atoms with E-state index in [1.165, 1.54) is 0 Å². The van der Waals surface area contributed by atoms with Crippen LogP contribution in [0.4, 0.5) is 11.4 Å². The summed E-state index contributed by atoms with van der Waals surface area (Å²) in [5, 5.41) is 5.97. The van der Waals surface area contributed by atoms with Crippen LogP contribution in [0.3, 0.4) is 0 Å². The summed E-state index contributed by atoms with van der Waals surface area (Å²) >= 11 is 0. The molecule has 2 N–H and O–H groups in total. The molecule has 3 rings (SSSR count). The van der Waals surface area contributed by atoms with Crippen LogP contribution in [0.1, 0.15) is 0 Å². The summed E-state index contributed by atoms with van der Waals surface area (Å²) in [5.74, 6) is 1.95. The van der Waals surface area contributed by atoms with E-state index in [0.29, 0.717) is 37.0 Å². The molecule has 0 aliphatic carbocycles. The summed E-state index contributed by atoms with van der Waals surface area (Å²) < 4.78 is 16.9. The van der Waals surface area contributed by atoms with E-state index < -0.39 is 0 Å². The molecule has 1 amide bonds. The van der Waals surface area contributed by atoms with Crippen LogP contribution in [0.5, 0.6) is 17.2 Å². The fraction of sp³-hybridized carbons (Fsp3) is 0.160. The van der Waals surface area contributed by atoms with Gasteiger partial charge in [-0.15, -0.1) is 0 Å². The van der Waals surface area contributed by atoms with Crippen molar-refractivity contribution in [1.82, 2.24) is 0 Å². The SMILES string of the molecule is C=CCOc1cccc(NC(=O)CNc2ccccc2OCCOc2ccccc2)c1. The summed E-state index contributed by atoms with van der Waals surface area (Å²) in [6.07, 6.45) is 1.67. The smallest absolute Gasteiger partial charge is 0.243 e. The van der Waals surface area contributed by atoms with Gasteiger partial charge in [-0.1, -0.05) is 49.1 Å². The van der Waals surface area contributed by atoms with Crippen molar-refractivity contribution in [2.75, 3.05) is 37.0 Å². The quantitative estimate of drug-likeness (QED) is 0.328. The standard InChI is InChI=1S/C25H26N2O4/c1-2-15-29-22-12-8-9-20(18-22)27-25(28)19-26-23-13-6-7-14-24(23)31-17-16-30-21-10-4-3-5-11-21/h2-14,18,26H,1,15-17,19H2,(H,27,28). The molecule has 160 valence electrons. The average Bonchev–Trinajstić information content (AvgIpc) is 2.81. The Labute approximate surface area is 182 Å². The van der Waals surface area contributed by atoms with Gasteiger partial charge in [-0.25, -0.2) is 0 Å². The fourth-order valence-electron chi connectivity index (χ4n) is 2.77. The van der Waals surface area contributed by atoms with Gasteiger partial charge in [0.05, 0.1) is 12.2 Å². The second-order valence-corrected chi connectivity index (χ2v) is 6.54. The van der Waals surface area contributed by atoms with Crippen molar-refractivity contribution in [2.45, 2.75) is 0 Å². The zero-order valence-corrected chi connectivity index (χ0v) is 17.3. The molecule has 0 unspecified atom stereocenters. The van der Waals surface area contributed by atoms with E-state index in [1.807, 2.05) is 72.8 Å². The molecule has 0 radical (unpaired) electrons. The van der Waals surface area contributed by atoms with Crippen molar-refractivity contribution in [2.24, 2.45) is 0 Å². The molecule has 0 aromatic heterocycles. The maximum Gasteiger partial charge on any atom is 0.243 e. The number of rotatable bonds is 12. The molecule has 0 heterocycles. The third kappa shape index (κ3) is 7.44. The van der Waals surface area contributed by atoms with Crippen LogP contribution >= 0.6 is 0 Å². The van der Waals surface area contributed by atoms with E-state index in [2.05, 4.69) is 17.2 Å². The minimum Gasteiger partial charge on any atom is -0.490 e. The number of hydrogen-bond donors (Lipinski definition) is 2. The van der Waals surface area contributed by atoms with Crippen LogP contribution in [-0.4, -0.2) is 32.3 Å². The van der Waals surface area contributed by atoms with Crippen molar-refractivity contribution in [1.29, 1.82) is 0 Å². The molecule has 6 heteroatoms. The van der Waals surface area contributed by atoms with Crippen LogP contribution < -0.4 is 24.8 Å². The largest absolute Gasteiger partial charge is 0.490 e. The monoisotopic (exact) mass is 418 g/mol. The lowest BCUT2D eigenvalue weighted by Crippen LogP contribution is -2.22. The fourth-order valence-corrected chi connectivity index (χ4v) is 2.77. The predicted octanol–water partition coefficient (Wildman–Crippen LogP) is 4.76. The van der Waals surface area contributed by atoms with Crippen LogP contribution in [0.2, 0.25) is 0 Å². The minimum atomic E-state index is -0.178. The Hall–Kier alpha value is -3.93.